The number of carbonyl (C=O) groups is 1. The summed E-state index contributed by atoms with van der Waals surface area (Å²) in [6.07, 6.45) is 5.05. The van der Waals surface area contributed by atoms with Crippen molar-refractivity contribution in [2.24, 2.45) is 0 Å². The minimum Gasteiger partial charge on any atom is -0.381 e. The lowest BCUT2D eigenvalue weighted by Crippen LogP contribution is -2.45. The molecule has 36 heavy (non-hydrogen) atoms. The molecule has 2 saturated heterocycles. The minimum atomic E-state index is -0.0387. The molecule has 8 heteroatoms. The summed E-state index contributed by atoms with van der Waals surface area (Å²) in [7, 11) is 2.20. The van der Waals surface area contributed by atoms with Gasteiger partial charge in [-0.3, -0.25) is 4.79 Å². The van der Waals surface area contributed by atoms with E-state index in [0.717, 1.165) is 57.8 Å². The molecule has 2 aromatic rings. The lowest BCUT2D eigenvalue weighted by atomic mass is 9.91. The standard InChI is InChI=1S/C28H39N5O2S/c1-19-15-33(20(2)27-25(19)14-29-28(31-27)30-23-9-11-35-12-10-23)26(34)18-36-24-13-22(16-32(3)17-24)21-7-5-4-6-8-21/h4-8,14,19-20,22-24H,9-13,15-18H2,1-3H3,(H,29,30,31)/p+1/t19-,20+,22+,24?/m0/s1. The van der Waals surface area contributed by atoms with Crippen LogP contribution in [0.15, 0.2) is 36.5 Å². The highest BCUT2D eigenvalue weighted by Crippen LogP contribution is 2.35. The summed E-state index contributed by atoms with van der Waals surface area (Å²) >= 11 is 1.24. The first kappa shape index (κ1) is 25.5. The van der Waals surface area contributed by atoms with Gasteiger partial charge in [-0.15, -0.1) is 0 Å². The number of anilines is 1. The van der Waals surface area contributed by atoms with E-state index in [0.29, 0.717) is 28.9 Å². The normalized spacial score (nSPS) is 27.5. The summed E-state index contributed by atoms with van der Waals surface area (Å²) < 4.78 is 5.47. The van der Waals surface area contributed by atoms with Crippen molar-refractivity contribution in [1.29, 1.82) is 0 Å². The highest BCUT2D eigenvalue weighted by molar-refractivity contribution is 7.80. The zero-order valence-electron chi connectivity index (χ0n) is 21.8. The van der Waals surface area contributed by atoms with Crippen molar-refractivity contribution >= 4 is 23.6 Å². The SMILES string of the molecule is C[C@@H]1c2nc(NC3CCOCC3)ncc2[C@@H](C)CN1C(=O)C[SH+]C1C[C@@H](c2ccccc2)CN(C)C1. The first-order chi connectivity index (χ1) is 17.5. The Labute approximate surface area is 219 Å². The van der Waals surface area contributed by atoms with Crippen LogP contribution in [-0.4, -0.2) is 82.6 Å². The number of nitrogens with zero attached hydrogens (tertiary/aromatic N) is 4. The number of aromatic nitrogens is 2. The molecule has 0 spiro atoms. The van der Waals surface area contributed by atoms with Crippen molar-refractivity contribution in [3.05, 3.63) is 53.3 Å². The number of hydrogen-bond donors (Lipinski definition) is 1. The van der Waals surface area contributed by atoms with E-state index in [9.17, 15) is 4.79 Å². The Balaban J connectivity index is 1.22. The second-order valence-electron chi connectivity index (χ2n) is 10.7. The van der Waals surface area contributed by atoms with E-state index < -0.39 is 0 Å². The summed E-state index contributed by atoms with van der Waals surface area (Å²) in [5.41, 5.74) is 3.57. The zero-order chi connectivity index (χ0) is 25.1. The fourth-order valence-corrected chi connectivity index (χ4v) is 7.31. The molecular formula is C28H40N5O2S+. The van der Waals surface area contributed by atoms with Crippen LogP contribution in [0.3, 0.4) is 0 Å². The Kier molecular flexibility index (Phi) is 8.13. The molecule has 0 aliphatic carbocycles. The van der Waals surface area contributed by atoms with Crippen molar-refractivity contribution in [3.63, 3.8) is 0 Å². The molecule has 0 bridgehead atoms. The molecule has 4 heterocycles. The lowest BCUT2D eigenvalue weighted by Gasteiger charge is -2.37. The van der Waals surface area contributed by atoms with Crippen LogP contribution in [0.2, 0.25) is 0 Å². The smallest absolute Gasteiger partial charge is 0.272 e. The number of likely N-dealkylation sites (N-methyl/N-ethyl adjacent to an activating group) is 1. The molecule has 3 aliphatic rings. The number of benzene rings is 1. The van der Waals surface area contributed by atoms with Gasteiger partial charge in [0, 0.05) is 63.3 Å². The predicted molar refractivity (Wildman–Crippen MR) is 147 cm³/mol. The number of amides is 1. The van der Waals surface area contributed by atoms with Gasteiger partial charge in [0.05, 0.1) is 11.7 Å². The Morgan fingerprint density at radius 2 is 1.92 bits per heavy atom. The van der Waals surface area contributed by atoms with Gasteiger partial charge in [0.25, 0.3) is 5.91 Å². The van der Waals surface area contributed by atoms with E-state index in [1.165, 1.54) is 22.9 Å². The Bertz CT molecular complexity index is 1030. The fourth-order valence-electron chi connectivity index (χ4n) is 5.91. The fraction of sp³-hybridized carbons (Fsp3) is 0.607. The second-order valence-corrected chi connectivity index (χ2v) is 12.2. The topological polar surface area (TPSA) is 70.6 Å². The number of nitrogens with one attached hydrogen (secondary N) is 1. The second kappa shape index (κ2) is 11.5. The van der Waals surface area contributed by atoms with Crippen LogP contribution in [-0.2, 0) is 21.3 Å². The van der Waals surface area contributed by atoms with Crippen LogP contribution in [0.4, 0.5) is 5.95 Å². The van der Waals surface area contributed by atoms with E-state index in [1.54, 1.807) is 0 Å². The van der Waals surface area contributed by atoms with Gasteiger partial charge >= 0.3 is 0 Å². The number of ether oxygens (including phenoxy) is 1. The molecule has 5 rings (SSSR count). The maximum absolute atomic E-state index is 13.5. The van der Waals surface area contributed by atoms with Crippen LogP contribution < -0.4 is 5.32 Å². The third-order valence-electron chi connectivity index (χ3n) is 7.95. The summed E-state index contributed by atoms with van der Waals surface area (Å²) in [6.45, 7) is 8.73. The molecule has 1 amide bonds. The number of carbonyl (C=O) groups excluding carboxylic acids is 1. The number of likely N-dealkylation sites (tertiary alicyclic amines) is 1. The van der Waals surface area contributed by atoms with Crippen LogP contribution in [0.25, 0.3) is 0 Å². The highest BCUT2D eigenvalue weighted by atomic mass is 32.2. The van der Waals surface area contributed by atoms with Crippen molar-refractivity contribution < 1.29 is 9.53 Å². The van der Waals surface area contributed by atoms with Crippen LogP contribution >= 0.6 is 0 Å². The molecule has 1 aromatic carbocycles. The largest absolute Gasteiger partial charge is 0.381 e. The van der Waals surface area contributed by atoms with Crippen molar-refractivity contribution in [3.8, 4) is 0 Å². The van der Waals surface area contributed by atoms with Gasteiger partial charge in [0.1, 0.15) is 5.25 Å². The number of rotatable bonds is 6. The molecule has 1 aromatic heterocycles. The lowest BCUT2D eigenvalue weighted by molar-refractivity contribution is -0.131. The molecule has 2 fully saturated rings. The number of hydrogen-bond acceptors (Lipinski definition) is 6. The number of piperidine rings is 1. The third-order valence-corrected chi connectivity index (χ3v) is 9.30. The monoisotopic (exact) mass is 510 g/mol. The maximum Gasteiger partial charge on any atom is 0.272 e. The van der Waals surface area contributed by atoms with Crippen LogP contribution in [0, 0.1) is 0 Å². The highest BCUT2D eigenvalue weighted by Gasteiger charge is 2.36. The quantitative estimate of drug-likeness (QED) is 0.475. The van der Waals surface area contributed by atoms with Crippen LogP contribution in [0.1, 0.15) is 67.8 Å². The Morgan fingerprint density at radius 1 is 1.14 bits per heavy atom. The molecule has 4 atom stereocenters. The molecule has 0 radical (unpaired) electrons. The number of fused-ring (bicyclic) bond motifs is 1. The van der Waals surface area contributed by atoms with Crippen molar-refractivity contribution in [2.75, 3.05) is 51.0 Å². The van der Waals surface area contributed by atoms with E-state index in [-0.39, 0.29) is 17.9 Å². The van der Waals surface area contributed by atoms with Gasteiger partial charge in [-0.05, 0) is 49.7 Å². The van der Waals surface area contributed by atoms with E-state index in [4.69, 9.17) is 9.72 Å². The first-order valence-electron chi connectivity index (χ1n) is 13.4. The summed E-state index contributed by atoms with van der Waals surface area (Å²) in [5.74, 6) is 2.26. The molecular weight excluding hydrogens is 470 g/mol. The molecule has 3 aliphatic heterocycles. The van der Waals surface area contributed by atoms with Gasteiger partial charge in [-0.1, -0.05) is 37.3 Å². The van der Waals surface area contributed by atoms with E-state index in [2.05, 4.69) is 66.4 Å². The summed E-state index contributed by atoms with van der Waals surface area (Å²) in [6, 6.07) is 11.1. The average Bonchev–Trinajstić information content (AvgIpc) is 2.90. The molecule has 194 valence electrons. The van der Waals surface area contributed by atoms with Gasteiger partial charge in [-0.25, -0.2) is 9.97 Å². The Hall–Kier alpha value is -2.16. The summed E-state index contributed by atoms with van der Waals surface area (Å²) in [5, 5.41) is 4.00. The molecule has 7 nitrogen and oxygen atoms in total. The van der Waals surface area contributed by atoms with Gasteiger partial charge in [-0.2, -0.15) is 0 Å². The van der Waals surface area contributed by atoms with Gasteiger partial charge in [0.15, 0.2) is 5.75 Å². The van der Waals surface area contributed by atoms with Gasteiger partial charge in [0.2, 0.25) is 5.95 Å². The average molecular weight is 511 g/mol. The minimum absolute atomic E-state index is 0.0387. The predicted octanol–water partition coefficient (Wildman–Crippen LogP) is 3.38. The zero-order valence-corrected chi connectivity index (χ0v) is 22.7. The third kappa shape index (κ3) is 5.87. The van der Waals surface area contributed by atoms with Crippen molar-refractivity contribution in [2.45, 2.75) is 62.3 Å². The molecule has 0 saturated carbocycles. The molecule has 1 unspecified atom stereocenters. The number of thiol groups is 1. The summed E-state index contributed by atoms with van der Waals surface area (Å²) in [4.78, 5) is 27.5. The maximum atomic E-state index is 13.5. The van der Waals surface area contributed by atoms with Crippen molar-refractivity contribution in [1.82, 2.24) is 19.8 Å². The van der Waals surface area contributed by atoms with E-state index in [1.807, 2.05) is 11.1 Å². The van der Waals surface area contributed by atoms with E-state index >= 15 is 0 Å². The first-order valence-corrected chi connectivity index (χ1v) is 14.5. The molecule has 1 N–H and O–H groups in total. The van der Waals surface area contributed by atoms with Gasteiger partial charge < -0.3 is 19.9 Å². The Morgan fingerprint density at radius 3 is 2.69 bits per heavy atom. The van der Waals surface area contributed by atoms with Crippen LogP contribution in [0.5, 0.6) is 0 Å².